The summed E-state index contributed by atoms with van der Waals surface area (Å²) in [6, 6.07) is 5.18. The van der Waals surface area contributed by atoms with Gasteiger partial charge in [0.15, 0.2) is 5.82 Å². The summed E-state index contributed by atoms with van der Waals surface area (Å²) in [6.07, 6.45) is -0.542. The maximum Gasteiger partial charge on any atom is 0.435 e. The third-order valence-corrected chi connectivity index (χ3v) is 2.36. The summed E-state index contributed by atoms with van der Waals surface area (Å²) in [5.74, 6) is 0.930. The number of aromatic nitrogens is 2. The van der Waals surface area contributed by atoms with E-state index < -0.39 is 6.09 Å². The largest absolute Gasteiger partial charge is 0.497 e. The van der Waals surface area contributed by atoms with Crippen LogP contribution in [0, 0.1) is 0 Å². The predicted octanol–water partition coefficient (Wildman–Crippen LogP) is 1.63. The van der Waals surface area contributed by atoms with Crippen molar-refractivity contribution in [3.05, 3.63) is 18.2 Å². The molecule has 1 heterocycles. The quantitative estimate of drug-likeness (QED) is 0.855. The Bertz CT molecular complexity index is 562. The van der Waals surface area contributed by atoms with Crippen LogP contribution < -0.4 is 10.5 Å². The molecule has 0 radical (unpaired) electrons. The van der Waals surface area contributed by atoms with Gasteiger partial charge < -0.3 is 15.2 Å². The number of carbonyl (C=O) groups excluding carboxylic acids is 1. The Kier molecular flexibility index (Phi) is 2.86. The number of nitrogens with two attached hydrogens (primary N) is 1. The summed E-state index contributed by atoms with van der Waals surface area (Å²) in [7, 11) is 1.56. The van der Waals surface area contributed by atoms with Crippen LogP contribution in [0.1, 0.15) is 6.92 Å². The van der Waals surface area contributed by atoms with Crippen molar-refractivity contribution in [2.75, 3.05) is 19.5 Å². The average molecular weight is 235 g/mol. The molecule has 0 amide bonds. The number of rotatable bonds is 2. The van der Waals surface area contributed by atoms with Crippen LogP contribution in [0.4, 0.5) is 10.6 Å². The van der Waals surface area contributed by atoms with Crippen molar-refractivity contribution >= 4 is 22.8 Å². The molecule has 0 fully saturated rings. The first-order chi connectivity index (χ1) is 8.17. The van der Waals surface area contributed by atoms with Gasteiger partial charge in [0.2, 0.25) is 0 Å². The fourth-order valence-corrected chi connectivity index (χ4v) is 1.57. The van der Waals surface area contributed by atoms with E-state index in [0.717, 1.165) is 4.68 Å². The number of methoxy groups -OCH3 is 1. The first kappa shape index (κ1) is 11.3. The van der Waals surface area contributed by atoms with Crippen molar-refractivity contribution in [1.82, 2.24) is 9.78 Å². The van der Waals surface area contributed by atoms with Gasteiger partial charge in [-0.2, -0.15) is 4.68 Å². The summed E-state index contributed by atoms with van der Waals surface area (Å²) in [6.45, 7) is 2.02. The second-order valence-electron chi connectivity index (χ2n) is 3.38. The van der Waals surface area contributed by atoms with E-state index in [9.17, 15) is 4.79 Å². The Labute approximate surface area is 97.9 Å². The lowest BCUT2D eigenvalue weighted by Gasteiger charge is -2.02. The van der Waals surface area contributed by atoms with Crippen molar-refractivity contribution in [1.29, 1.82) is 0 Å². The van der Waals surface area contributed by atoms with Gasteiger partial charge in [-0.1, -0.05) is 0 Å². The minimum absolute atomic E-state index is 0.270. The number of carbonyl (C=O) groups is 1. The zero-order valence-corrected chi connectivity index (χ0v) is 9.64. The van der Waals surface area contributed by atoms with Gasteiger partial charge in [0.1, 0.15) is 5.75 Å². The van der Waals surface area contributed by atoms with Gasteiger partial charge in [-0.3, -0.25) is 0 Å². The molecule has 6 nitrogen and oxygen atoms in total. The van der Waals surface area contributed by atoms with E-state index in [2.05, 4.69) is 5.10 Å². The number of fused-ring (bicyclic) bond motifs is 1. The first-order valence-electron chi connectivity index (χ1n) is 5.16. The van der Waals surface area contributed by atoms with Crippen molar-refractivity contribution in [3.63, 3.8) is 0 Å². The highest BCUT2D eigenvalue weighted by molar-refractivity contribution is 5.95. The first-order valence-corrected chi connectivity index (χ1v) is 5.16. The minimum Gasteiger partial charge on any atom is -0.497 e. The van der Waals surface area contributed by atoms with Crippen molar-refractivity contribution in [2.24, 2.45) is 0 Å². The SMILES string of the molecule is CCOC(=O)n1nc(N)c2cc(OC)ccc21. The molecule has 0 aliphatic carbocycles. The molecule has 6 heteroatoms. The number of benzene rings is 1. The van der Waals surface area contributed by atoms with Crippen LogP contribution in [-0.2, 0) is 4.74 Å². The zero-order chi connectivity index (χ0) is 12.4. The average Bonchev–Trinajstić information content (AvgIpc) is 2.67. The Morgan fingerprint density at radius 3 is 2.94 bits per heavy atom. The topological polar surface area (TPSA) is 79.4 Å². The van der Waals surface area contributed by atoms with Crippen molar-refractivity contribution < 1.29 is 14.3 Å². The van der Waals surface area contributed by atoms with Gasteiger partial charge in [0, 0.05) is 5.39 Å². The van der Waals surface area contributed by atoms with Crippen LogP contribution in [-0.4, -0.2) is 29.6 Å². The second-order valence-corrected chi connectivity index (χ2v) is 3.38. The van der Waals surface area contributed by atoms with E-state index in [1.807, 2.05) is 0 Å². The highest BCUT2D eigenvalue weighted by Gasteiger charge is 2.15. The maximum atomic E-state index is 11.6. The van der Waals surface area contributed by atoms with Crippen LogP contribution in [0.2, 0.25) is 0 Å². The standard InChI is InChI=1S/C11H13N3O3/c1-3-17-11(15)14-9-5-4-7(16-2)6-8(9)10(12)13-14/h4-6H,3H2,1-2H3,(H2,12,13). The van der Waals surface area contributed by atoms with E-state index in [0.29, 0.717) is 16.7 Å². The summed E-state index contributed by atoms with van der Waals surface area (Å²) in [4.78, 5) is 11.6. The van der Waals surface area contributed by atoms with E-state index in [1.165, 1.54) is 0 Å². The van der Waals surface area contributed by atoms with Gasteiger partial charge in [-0.15, -0.1) is 5.10 Å². The van der Waals surface area contributed by atoms with Gasteiger partial charge in [0.05, 0.1) is 19.2 Å². The Hall–Kier alpha value is -2.24. The zero-order valence-electron chi connectivity index (χ0n) is 9.64. The molecule has 0 unspecified atom stereocenters. The molecule has 0 aliphatic heterocycles. The van der Waals surface area contributed by atoms with Crippen LogP contribution in [0.25, 0.3) is 10.9 Å². The molecule has 0 saturated carbocycles. The number of hydrogen-bond donors (Lipinski definition) is 1. The third kappa shape index (κ3) is 1.89. The van der Waals surface area contributed by atoms with E-state index in [1.54, 1.807) is 32.2 Å². The summed E-state index contributed by atoms with van der Waals surface area (Å²) >= 11 is 0. The van der Waals surface area contributed by atoms with Crippen molar-refractivity contribution in [3.8, 4) is 5.75 Å². The highest BCUT2D eigenvalue weighted by atomic mass is 16.5. The molecule has 0 saturated heterocycles. The molecule has 0 spiro atoms. The smallest absolute Gasteiger partial charge is 0.435 e. The molecule has 2 aromatic rings. The number of nitrogen functional groups attached to an aromatic ring is 1. The number of nitrogens with zero attached hydrogens (tertiary/aromatic N) is 2. The van der Waals surface area contributed by atoms with Gasteiger partial charge in [0.25, 0.3) is 0 Å². The van der Waals surface area contributed by atoms with Gasteiger partial charge in [-0.05, 0) is 25.1 Å². The molecule has 0 atom stereocenters. The lowest BCUT2D eigenvalue weighted by Crippen LogP contribution is -2.15. The fraction of sp³-hybridized carbons (Fsp3) is 0.273. The lowest BCUT2D eigenvalue weighted by atomic mass is 10.2. The van der Waals surface area contributed by atoms with Crippen LogP contribution in [0.3, 0.4) is 0 Å². The van der Waals surface area contributed by atoms with Crippen molar-refractivity contribution in [2.45, 2.75) is 6.92 Å². The fourth-order valence-electron chi connectivity index (χ4n) is 1.57. The number of hydrogen-bond acceptors (Lipinski definition) is 5. The Balaban J connectivity index is 2.56. The highest BCUT2D eigenvalue weighted by Crippen LogP contribution is 2.25. The Morgan fingerprint density at radius 1 is 1.53 bits per heavy atom. The molecule has 1 aromatic carbocycles. The summed E-state index contributed by atoms with van der Waals surface area (Å²) in [5.41, 5.74) is 6.34. The molecule has 90 valence electrons. The van der Waals surface area contributed by atoms with Gasteiger partial charge >= 0.3 is 6.09 Å². The van der Waals surface area contributed by atoms with E-state index in [4.69, 9.17) is 15.2 Å². The van der Waals surface area contributed by atoms with Gasteiger partial charge in [-0.25, -0.2) is 4.79 Å². The lowest BCUT2D eigenvalue weighted by molar-refractivity contribution is 0.151. The Morgan fingerprint density at radius 2 is 2.29 bits per heavy atom. The molecule has 0 aliphatic rings. The number of ether oxygens (including phenoxy) is 2. The molecular weight excluding hydrogens is 222 g/mol. The van der Waals surface area contributed by atoms with Crippen LogP contribution in [0.5, 0.6) is 5.75 Å². The molecule has 17 heavy (non-hydrogen) atoms. The monoisotopic (exact) mass is 235 g/mol. The van der Waals surface area contributed by atoms with E-state index >= 15 is 0 Å². The second kappa shape index (κ2) is 4.32. The van der Waals surface area contributed by atoms with Crippen LogP contribution in [0.15, 0.2) is 18.2 Å². The summed E-state index contributed by atoms with van der Waals surface area (Å²) in [5, 5.41) is 4.61. The third-order valence-electron chi connectivity index (χ3n) is 2.36. The summed E-state index contributed by atoms with van der Waals surface area (Å²) < 4.78 is 11.1. The molecule has 0 bridgehead atoms. The molecule has 2 N–H and O–H groups in total. The minimum atomic E-state index is -0.542. The predicted molar refractivity (Wildman–Crippen MR) is 63.1 cm³/mol. The normalized spacial score (nSPS) is 10.5. The molecular formula is C11H13N3O3. The maximum absolute atomic E-state index is 11.6. The van der Waals surface area contributed by atoms with Crippen LogP contribution >= 0.6 is 0 Å². The molecule has 2 rings (SSSR count). The van der Waals surface area contributed by atoms with E-state index in [-0.39, 0.29) is 12.4 Å². The number of anilines is 1. The molecule has 1 aromatic heterocycles.